The monoisotopic (exact) mass is 261 g/mol. The first-order valence-electron chi connectivity index (χ1n) is 6.33. The van der Waals surface area contributed by atoms with E-state index in [0.717, 1.165) is 17.7 Å². The summed E-state index contributed by atoms with van der Waals surface area (Å²) in [6.45, 7) is 4.22. The van der Waals surface area contributed by atoms with E-state index >= 15 is 0 Å². The number of benzene rings is 1. The average molecular weight is 261 g/mol. The highest BCUT2D eigenvalue weighted by molar-refractivity contribution is 5.56. The van der Waals surface area contributed by atoms with Gasteiger partial charge in [-0.25, -0.2) is 0 Å². The lowest BCUT2D eigenvalue weighted by molar-refractivity contribution is 0.335. The van der Waals surface area contributed by atoms with E-state index in [9.17, 15) is 0 Å². The van der Waals surface area contributed by atoms with Gasteiger partial charge in [0.2, 0.25) is 11.7 Å². The Morgan fingerprint density at radius 1 is 1.37 bits per heavy atom. The molecule has 0 saturated carbocycles. The molecule has 0 fully saturated rings. The molecule has 19 heavy (non-hydrogen) atoms. The van der Waals surface area contributed by atoms with Crippen molar-refractivity contribution >= 4 is 0 Å². The van der Waals surface area contributed by atoms with Gasteiger partial charge in [-0.15, -0.1) is 0 Å². The first-order valence-corrected chi connectivity index (χ1v) is 6.33. The van der Waals surface area contributed by atoms with Crippen molar-refractivity contribution in [2.45, 2.75) is 26.3 Å². The molecule has 1 aromatic carbocycles. The number of ether oxygens (including phenoxy) is 1. The van der Waals surface area contributed by atoms with Crippen LogP contribution < -0.4 is 10.5 Å². The minimum Gasteiger partial charge on any atom is -0.497 e. The first kappa shape index (κ1) is 13.5. The fraction of sp³-hybridized carbons (Fsp3) is 0.429. The summed E-state index contributed by atoms with van der Waals surface area (Å²) in [7, 11) is 1.62. The minimum absolute atomic E-state index is 0.216. The third kappa shape index (κ3) is 3.32. The molecule has 5 nitrogen and oxygen atoms in total. The molecule has 1 aromatic heterocycles. The first-order chi connectivity index (χ1) is 9.10. The van der Waals surface area contributed by atoms with Crippen molar-refractivity contribution in [2.75, 3.05) is 7.11 Å². The number of aromatic nitrogens is 2. The number of rotatable bonds is 5. The SMILES string of the molecule is COc1cccc(-c2noc([C@@H](N)CC(C)C)n2)c1. The number of hydrogen-bond donors (Lipinski definition) is 1. The second kappa shape index (κ2) is 5.84. The lowest BCUT2D eigenvalue weighted by atomic mass is 10.0. The molecule has 0 aliphatic heterocycles. The molecule has 0 amide bonds. The Balaban J connectivity index is 2.20. The Hall–Kier alpha value is -1.88. The zero-order valence-corrected chi connectivity index (χ0v) is 11.5. The fourth-order valence-electron chi connectivity index (χ4n) is 1.87. The van der Waals surface area contributed by atoms with Crippen molar-refractivity contribution in [1.29, 1.82) is 0 Å². The summed E-state index contributed by atoms with van der Waals surface area (Å²) in [4.78, 5) is 4.35. The van der Waals surface area contributed by atoms with E-state index < -0.39 is 0 Å². The van der Waals surface area contributed by atoms with Gasteiger partial charge >= 0.3 is 0 Å². The van der Waals surface area contributed by atoms with Gasteiger partial charge in [-0.2, -0.15) is 4.98 Å². The fourth-order valence-corrected chi connectivity index (χ4v) is 1.87. The third-order valence-corrected chi connectivity index (χ3v) is 2.81. The Morgan fingerprint density at radius 3 is 2.84 bits per heavy atom. The Labute approximate surface area is 112 Å². The van der Waals surface area contributed by atoms with Gasteiger partial charge in [0, 0.05) is 5.56 Å². The summed E-state index contributed by atoms with van der Waals surface area (Å²) >= 11 is 0. The number of methoxy groups -OCH3 is 1. The zero-order chi connectivity index (χ0) is 13.8. The topological polar surface area (TPSA) is 74.2 Å². The maximum Gasteiger partial charge on any atom is 0.243 e. The van der Waals surface area contributed by atoms with Gasteiger partial charge < -0.3 is 15.0 Å². The van der Waals surface area contributed by atoms with Gasteiger partial charge in [0.25, 0.3) is 0 Å². The molecule has 0 radical (unpaired) electrons. The summed E-state index contributed by atoms with van der Waals surface area (Å²) in [5.41, 5.74) is 6.88. The van der Waals surface area contributed by atoms with Gasteiger partial charge in [0.15, 0.2) is 0 Å². The summed E-state index contributed by atoms with van der Waals surface area (Å²) in [5.74, 6) is 2.26. The van der Waals surface area contributed by atoms with Crippen LogP contribution >= 0.6 is 0 Å². The highest BCUT2D eigenvalue weighted by Gasteiger charge is 2.17. The molecule has 1 atom stereocenters. The molecule has 0 unspecified atom stereocenters. The Bertz CT molecular complexity index is 537. The van der Waals surface area contributed by atoms with Crippen molar-refractivity contribution in [1.82, 2.24) is 10.1 Å². The van der Waals surface area contributed by atoms with E-state index in [4.69, 9.17) is 15.0 Å². The largest absolute Gasteiger partial charge is 0.497 e. The second-order valence-corrected chi connectivity index (χ2v) is 4.92. The Kier molecular flexibility index (Phi) is 4.16. The van der Waals surface area contributed by atoms with Crippen LogP contribution in [-0.2, 0) is 0 Å². The Morgan fingerprint density at radius 2 is 2.16 bits per heavy atom. The average Bonchev–Trinajstić information content (AvgIpc) is 2.88. The van der Waals surface area contributed by atoms with Gasteiger partial charge in [-0.3, -0.25) is 0 Å². The normalized spacial score (nSPS) is 12.7. The molecular weight excluding hydrogens is 242 g/mol. The number of nitrogens with zero attached hydrogens (tertiary/aromatic N) is 2. The third-order valence-electron chi connectivity index (χ3n) is 2.81. The lowest BCUT2D eigenvalue weighted by Crippen LogP contribution is -2.13. The molecule has 2 rings (SSSR count). The van der Waals surface area contributed by atoms with E-state index in [2.05, 4.69) is 24.0 Å². The molecule has 2 aromatic rings. The predicted octanol–water partition coefficient (Wildman–Crippen LogP) is 2.79. The van der Waals surface area contributed by atoms with Gasteiger partial charge in [0.05, 0.1) is 13.2 Å². The van der Waals surface area contributed by atoms with E-state index in [1.165, 1.54) is 0 Å². The number of nitrogens with two attached hydrogens (primary N) is 1. The highest BCUT2D eigenvalue weighted by atomic mass is 16.5. The van der Waals surface area contributed by atoms with Crippen molar-refractivity contribution in [3.63, 3.8) is 0 Å². The van der Waals surface area contributed by atoms with E-state index in [1.54, 1.807) is 7.11 Å². The van der Waals surface area contributed by atoms with Crippen molar-refractivity contribution < 1.29 is 9.26 Å². The molecule has 0 aliphatic rings. The zero-order valence-electron chi connectivity index (χ0n) is 11.5. The van der Waals surface area contributed by atoms with Crippen LogP contribution in [0.2, 0.25) is 0 Å². The maximum atomic E-state index is 6.02. The van der Waals surface area contributed by atoms with E-state index in [0.29, 0.717) is 17.6 Å². The predicted molar refractivity (Wildman–Crippen MR) is 72.7 cm³/mol. The maximum absolute atomic E-state index is 6.02. The van der Waals surface area contributed by atoms with Crippen molar-refractivity contribution in [3.05, 3.63) is 30.2 Å². The molecule has 5 heteroatoms. The lowest BCUT2D eigenvalue weighted by Gasteiger charge is -2.08. The quantitative estimate of drug-likeness (QED) is 0.895. The smallest absolute Gasteiger partial charge is 0.243 e. The second-order valence-electron chi connectivity index (χ2n) is 4.92. The van der Waals surface area contributed by atoms with Gasteiger partial charge in [-0.05, 0) is 24.5 Å². The molecule has 0 spiro atoms. The van der Waals surface area contributed by atoms with Crippen LogP contribution in [0.3, 0.4) is 0 Å². The van der Waals surface area contributed by atoms with Crippen LogP contribution in [0.1, 0.15) is 32.2 Å². The van der Waals surface area contributed by atoms with Crippen molar-refractivity contribution in [3.8, 4) is 17.1 Å². The van der Waals surface area contributed by atoms with Crippen LogP contribution in [0, 0.1) is 5.92 Å². The molecule has 102 valence electrons. The van der Waals surface area contributed by atoms with Crippen LogP contribution in [0.25, 0.3) is 11.4 Å². The van der Waals surface area contributed by atoms with Gasteiger partial charge in [0.1, 0.15) is 5.75 Å². The molecule has 0 bridgehead atoms. The molecule has 0 saturated heterocycles. The van der Waals surface area contributed by atoms with Gasteiger partial charge in [-0.1, -0.05) is 31.1 Å². The summed E-state index contributed by atoms with van der Waals surface area (Å²) in [6.07, 6.45) is 0.819. The van der Waals surface area contributed by atoms with Crippen LogP contribution in [0.15, 0.2) is 28.8 Å². The molecular formula is C14H19N3O2. The van der Waals surface area contributed by atoms with E-state index in [1.807, 2.05) is 24.3 Å². The minimum atomic E-state index is -0.216. The summed E-state index contributed by atoms with van der Waals surface area (Å²) in [6, 6.07) is 7.31. The molecule has 1 heterocycles. The molecule has 0 aliphatic carbocycles. The summed E-state index contributed by atoms with van der Waals surface area (Å²) < 4.78 is 10.4. The number of hydrogen-bond acceptors (Lipinski definition) is 5. The van der Waals surface area contributed by atoms with Crippen molar-refractivity contribution in [2.24, 2.45) is 11.7 Å². The molecule has 2 N–H and O–H groups in total. The van der Waals surface area contributed by atoms with E-state index in [-0.39, 0.29) is 6.04 Å². The summed E-state index contributed by atoms with van der Waals surface area (Å²) in [5, 5.41) is 3.97. The highest BCUT2D eigenvalue weighted by Crippen LogP contribution is 2.23. The van der Waals surface area contributed by atoms with Crippen LogP contribution in [0.4, 0.5) is 0 Å². The standard InChI is InChI=1S/C14H19N3O2/c1-9(2)7-12(15)14-16-13(17-19-14)10-5-4-6-11(8-10)18-3/h4-6,8-9,12H,7,15H2,1-3H3/t12-/m0/s1. The van der Waals surface area contributed by atoms with Crippen LogP contribution in [-0.4, -0.2) is 17.3 Å². The van der Waals surface area contributed by atoms with Crippen LogP contribution in [0.5, 0.6) is 5.75 Å².